The molecule has 2 fully saturated rings. The molecule has 3 atom stereocenters. The number of aryl methyl sites for hydroxylation is 1. The van der Waals surface area contributed by atoms with E-state index in [1.54, 1.807) is 0 Å². The monoisotopic (exact) mass is 418 g/mol. The third-order valence-corrected chi connectivity index (χ3v) is 7.75. The molecule has 1 aromatic heterocycles. The van der Waals surface area contributed by atoms with Crippen LogP contribution in [0, 0.1) is 0 Å². The number of amides is 1. The number of fused-ring (bicyclic) bond motifs is 1. The first-order chi connectivity index (χ1) is 15.0. The highest BCUT2D eigenvalue weighted by molar-refractivity contribution is 5.77. The first kappa shape index (κ1) is 20.5. The van der Waals surface area contributed by atoms with Crippen molar-refractivity contribution in [1.29, 1.82) is 0 Å². The number of carbonyl (C=O) groups is 1. The van der Waals surface area contributed by atoms with Crippen molar-refractivity contribution < 1.29 is 4.79 Å². The van der Waals surface area contributed by atoms with Crippen LogP contribution in [0.4, 0.5) is 5.69 Å². The molecule has 0 saturated carbocycles. The van der Waals surface area contributed by atoms with Gasteiger partial charge in [-0.1, -0.05) is 24.6 Å². The summed E-state index contributed by atoms with van der Waals surface area (Å²) in [7, 11) is 2.21. The predicted octanol–water partition coefficient (Wildman–Crippen LogP) is 3.88. The molecule has 0 unspecified atom stereocenters. The number of hydrogen-bond donors (Lipinski definition) is 1. The van der Waals surface area contributed by atoms with E-state index in [-0.39, 0.29) is 17.4 Å². The summed E-state index contributed by atoms with van der Waals surface area (Å²) in [4.78, 5) is 22.2. The lowest BCUT2D eigenvalue weighted by Gasteiger charge is -2.35. The molecule has 5 nitrogen and oxygen atoms in total. The summed E-state index contributed by atoms with van der Waals surface area (Å²) in [6, 6.07) is 13.8. The van der Waals surface area contributed by atoms with Gasteiger partial charge in [-0.3, -0.25) is 14.7 Å². The molecule has 1 aromatic carbocycles. The molecule has 2 saturated heterocycles. The Kier molecular flexibility index (Phi) is 5.47. The number of anilines is 1. The minimum atomic E-state index is -0.203. The summed E-state index contributed by atoms with van der Waals surface area (Å²) in [5.41, 5.74) is 5.12. The van der Waals surface area contributed by atoms with Crippen LogP contribution in [0.5, 0.6) is 0 Å². The Morgan fingerprint density at radius 1 is 1.19 bits per heavy atom. The molecule has 5 heteroatoms. The van der Waals surface area contributed by atoms with Crippen LogP contribution in [0.25, 0.3) is 0 Å². The van der Waals surface area contributed by atoms with Crippen molar-refractivity contribution in [2.24, 2.45) is 0 Å². The minimum absolute atomic E-state index is 0.200. The first-order valence-corrected chi connectivity index (χ1v) is 11.8. The third-order valence-electron chi connectivity index (χ3n) is 7.75. The molecule has 3 aliphatic heterocycles. The normalized spacial score (nSPS) is 29.0. The highest BCUT2D eigenvalue weighted by atomic mass is 16.1. The number of carbonyl (C=O) groups excluding carboxylic acids is 1. The van der Waals surface area contributed by atoms with E-state index in [1.165, 1.54) is 23.2 Å². The fourth-order valence-corrected chi connectivity index (χ4v) is 5.93. The van der Waals surface area contributed by atoms with Gasteiger partial charge in [0.2, 0.25) is 5.91 Å². The molecule has 5 rings (SSSR count). The van der Waals surface area contributed by atoms with E-state index < -0.39 is 0 Å². The maximum absolute atomic E-state index is 12.5. The summed E-state index contributed by atoms with van der Waals surface area (Å²) < 4.78 is 0. The van der Waals surface area contributed by atoms with E-state index in [4.69, 9.17) is 4.98 Å². The number of nitrogens with zero attached hydrogens (tertiary/aromatic N) is 3. The minimum Gasteiger partial charge on any atom is -0.372 e. The highest BCUT2D eigenvalue weighted by Gasteiger charge is 2.49. The van der Waals surface area contributed by atoms with Crippen LogP contribution in [-0.4, -0.2) is 47.5 Å². The average molecular weight is 419 g/mol. The van der Waals surface area contributed by atoms with E-state index in [9.17, 15) is 4.79 Å². The molecular weight excluding hydrogens is 384 g/mol. The Hall–Kier alpha value is -2.40. The topological polar surface area (TPSA) is 48.5 Å². The number of likely N-dealkylation sites (tertiary alicyclic amines) is 1. The zero-order valence-corrected chi connectivity index (χ0v) is 18.8. The van der Waals surface area contributed by atoms with Crippen molar-refractivity contribution in [3.63, 3.8) is 0 Å². The van der Waals surface area contributed by atoms with Gasteiger partial charge < -0.3 is 10.2 Å². The summed E-state index contributed by atoms with van der Waals surface area (Å²) in [5.74, 6) is 0.437. The van der Waals surface area contributed by atoms with Gasteiger partial charge in [-0.05, 0) is 61.9 Å². The molecule has 0 bridgehead atoms. The van der Waals surface area contributed by atoms with Crippen LogP contribution >= 0.6 is 0 Å². The van der Waals surface area contributed by atoms with Gasteiger partial charge >= 0.3 is 0 Å². The van der Waals surface area contributed by atoms with Crippen LogP contribution in [-0.2, 0) is 17.8 Å². The van der Waals surface area contributed by atoms with Gasteiger partial charge in [0, 0.05) is 62.6 Å². The van der Waals surface area contributed by atoms with Crippen molar-refractivity contribution in [3.8, 4) is 0 Å². The molecule has 4 heterocycles. The van der Waals surface area contributed by atoms with Crippen molar-refractivity contribution in [1.82, 2.24) is 15.2 Å². The number of rotatable bonds is 3. The van der Waals surface area contributed by atoms with Crippen LogP contribution in [0.1, 0.15) is 61.8 Å². The van der Waals surface area contributed by atoms with E-state index in [1.807, 2.05) is 12.3 Å². The molecule has 1 spiro atoms. The number of aromatic nitrogens is 1. The SMILES string of the molecule is C[C@@H]1CCc2cc(CN3C[C@@H](c4ccccn4)[C@@]4(CCCCC(=O)N4)C3)ccc2N1C. The number of hydrogen-bond acceptors (Lipinski definition) is 4. The maximum Gasteiger partial charge on any atom is 0.220 e. The maximum atomic E-state index is 12.5. The van der Waals surface area contributed by atoms with Gasteiger partial charge in [-0.2, -0.15) is 0 Å². The summed E-state index contributed by atoms with van der Waals surface area (Å²) in [6.07, 6.45) is 8.01. The van der Waals surface area contributed by atoms with Gasteiger partial charge in [-0.25, -0.2) is 0 Å². The van der Waals surface area contributed by atoms with E-state index >= 15 is 0 Å². The second kappa shape index (κ2) is 8.27. The van der Waals surface area contributed by atoms with Gasteiger partial charge in [0.05, 0.1) is 5.54 Å². The Labute approximate surface area is 185 Å². The molecule has 0 radical (unpaired) electrons. The van der Waals surface area contributed by atoms with E-state index in [0.717, 1.165) is 51.0 Å². The van der Waals surface area contributed by atoms with E-state index in [0.29, 0.717) is 12.5 Å². The standard InChI is InChI=1S/C26H34N4O/c1-19-9-11-21-15-20(10-12-24(21)29(19)2)16-30-17-22(23-7-4-6-14-27-23)26(18-30)13-5-3-8-25(31)28-26/h4,6-7,10,12,14-15,19,22H,3,5,8-9,11,13,16-18H2,1-2H3,(H,28,31)/t19-,22+,26-/m1/s1. The summed E-state index contributed by atoms with van der Waals surface area (Å²) in [5, 5.41) is 3.45. The van der Waals surface area contributed by atoms with Crippen molar-refractivity contribution >= 4 is 11.6 Å². The summed E-state index contributed by atoms with van der Waals surface area (Å²) in [6.45, 7) is 5.06. The van der Waals surface area contributed by atoms with Crippen LogP contribution < -0.4 is 10.2 Å². The predicted molar refractivity (Wildman–Crippen MR) is 124 cm³/mol. The Balaban J connectivity index is 1.40. The highest BCUT2D eigenvalue weighted by Crippen LogP contribution is 2.41. The van der Waals surface area contributed by atoms with Crippen molar-refractivity contribution in [2.75, 3.05) is 25.0 Å². The largest absolute Gasteiger partial charge is 0.372 e. The molecule has 2 aromatic rings. The number of pyridine rings is 1. The van der Waals surface area contributed by atoms with Crippen LogP contribution in [0.15, 0.2) is 42.6 Å². The molecule has 1 N–H and O–H groups in total. The van der Waals surface area contributed by atoms with Gasteiger partial charge in [0.1, 0.15) is 0 Å². The second-order valence-corrected chi connectivity index (χ2v) is 9.85. The molecule has 164 valence electrons. The smallest absolute Gasteiger partial charge is 0.220 e. The molecule has 0 aliphatic carbocycles. The fraction of sp³-hybridized carbons (Fsp3) is 0.538. The Morgan fingerprint density at radius 3 is 2.94 bits per heavy atom. The molecule has 3 aliphatic rings. The second-order valence-electron chi connectivity index (χ2n) is 9.85. The fourth-order valence-electron chi connectivity index (χ4n) is 5.93. The molecule has 31 heavy (non-hydrogen) atoms. The van der Waals surface area contributed by atoms with Crippen LogP contribution in [0.3, 0.4) is 0 Å². The molecular formula is C26H34N4O. The lowest BCUT2D eigenvalue weighted by molar-refractivity contribution is -0.122. The number of nitrogens with one attached hydrogen (secondary N) is 1. The zero-order valence-electron chi connectivity index (χ0n) is 18.8. The Bertz CT molecular complexity index is 946. The third kappa shape index (κ3) is 3.96. The van der Waals surface area contributed by atoms with Crippen molar-refractivity contribution in [3.05, 3.63) is 59.4 Å². The first-order valence-electron chi connectivity index (χ1n) is 11.8. The lowest BCUT2D eigenvalue weighted by Crippen LogP contribution is -2.52. The van der Waals surface area contributed by atoms with Gasteiger partial charge in [-0.15, -0.1) is 0 Å². The van der Waals surface area contributed by atoms with Crippen LogP contribution in [0.2, 0.25) is 0 Å². The number of benzene rings is 1. The Morgan fingerprint density at radius 2 is 2.10 bits per heavy atom. The van der Waals surface area contributed by atoms with E-state index in [2.05, 4.69) is 59.4 Å². The van der Waals surface area contributed by atoms with Gasteiger partial charge in [0.25, 0.3) is 0 Å². The van der Waals surface area contributed by atoms with Crippen molar-refractivity contribution in [2.45, 2.75) is 69.5 Å². The zero-order chi connectivity index (χ0) is 21.4. The quantitative estimate of drug-likeness (QED) is 0.822. The lowest BCUT2D eigenvalue weighted by atomic mass is 9.81. The average Bonchev–Trinajstić information content (AvgIpc) is 3.00. The summed E-state index contributed by atoms with van der Waals surface area (Å²) >= 11 is 0. The van der Waals surface area contributed by atoms with Gasteiger partial charge in [0.15, 0.2) is 0 Å². The molecule has 1 amide bonds.